The van der Waals surface area contributed by atoms with E-state index in [1.54, 1.807) is 29.5 Å². The van der Waals surface area contributed by atoms with Gasteiger partial charge in [-0.15, -0.1) is 11.3 Å². The first-order valence-electron chi connectivity index (χ1n) is 9.13. The Labute approximate surface area is 178 Å². The average Bonchev–Trinajstić information content (AvgIpc) is 3.17. The van der Waals surface area contributed by atoms with E-state index in [1.807, 2.05) is 66.2 Å². The molecular formula is C23H19ClN2O2S. The zero-order valence-corrected chi connectivity index (χ0v) is 17.4. The number of halogens is 1. The van der Waals surface area contributed by atoms with Crippen molar-refractivity contribution in [2.45, 2.75) is 13.0 Å². The van der Waals surface area contributed by atoms with Crippen molar-refractivity contribution < 1.29 is 9.53 Å². The van der Waals surface area contributed by atoms with E-state index in [9.17, 15) is 4.79 Å². The third kappa shape index (κ3) is 4.42. The molecule has 4 aromatic rings. The second-order valence-corrected chi connectivity index (χ2v) is 8.04. The Bertz CT molecular complexity index is 1140. The van der Waals surface area contributed by atoms with Crippen LogP contribution in [0, 0.1) is 0 Å². The fraction of sp³-hybridized carbons (Fsp3) is 0.130. The number of aromatic nitrogens is 1. The molecule has 0 aliphatic heterocycles. The maximum absolute atomic E-state index is 13.4. The quantitative estimate of drug-likeness (QED) is 0.398. The number of rotatable bonds is 6. The van der Waals surface area contributed by atoms with Gasteiger partial charge >= 0.3 is 0 Å². The van der Waals surface area contributed by atoms with Crippen LogP contribution in [0.4, 0.5) is 5.69 Å². The van der Waals surface area contributed by atoms with Gasteiger partial charge in [0, 0.05) is 33.7 Å². The second-order valence-electron chi connectivity index (χ2n) is 6.61. The van der Waals surface area contributed by atoms with Crippen molar-refractivity contribution in [1.82, 2.24) is 4.98 Å². The minimum absolute atomic E-state index is 0.00200. The Balaban J connectivity index is 1.66. The van der Waals surface area contributed by atoms with Crippen LogP contribution in [0.25, 0.3) is 10.8 Å². The van der Waals surface area contributed by atoms with E-state index in [4.69, 9.17) is 16.3 Å². The Hall–Kier alpha value is -2.89. The first-order valence-corrected chi connectivity index (χ1v) is 10.4. The Kier molecular flexibility index (Phi) is 5.79. The van der Waals surface area contributed by atoms with Crippen LogP contribution in [-0.2, 0) is 17.8 Å². The lowest BCUT2D eigenvalue weighted by atomic mass is 10.0. The maximum Gasteiger partial charge on any atom is 0.231 e. The molecule has 0 unspecified atom stereocenters. The van der Waals surface area contributed by atoms with E-state index in [0.717, 1.165) is 32.6 Å². The van der Waals surface area contributed by atoms with Crippen LogP contribution < -0.4 is 9.64 Å². The van der Waals surface area contributed by atoms with Gasteiger partial charge in [-0.05, 0) is 41.3 Å². The molecule has 2 heterocycles. The van der Waals surface area contributed by atoms with Gasteiger partial charge in [0.15, 0.2) is 0 Å². The van der Waals surface area contributed by atoms with Crippen LogP contribution in [0.5, 0.6) is 5.75 Å². The molecule has 0 spiro atoms. The summed E-state index contributed by atoms with van der Waals surface area (Å²) in [7, 11) is 1.62. The molecule has 4 nitrogen and oxygen atoms in total. The van der Waals surface area contributed by atoms with Crippen molar-refractivity contribution in [1.29, 1.82) is 0 Å². The number of ether oxygens (including phenoxy) is 1. The van der Waals surface area contributed by atoms with E-state index in [0.29, 0.717) is 11.6 Å². The minimum Gasteiger partial charge on any atom is -0.497 e. The molecule has 146 valence electrons. The normalized spacial score (nSPS) is 10.8. The molecule has 0 saturated heterocycles. The topological polar surface area (TPSA) is 42.4 Å². The average molecular weight is 423 g/mol. The molecule has 2 aromatic carbocycles. The highest BCUT2D eigenvalue weighted by molar-refractivity contribution is 7.10. The molecule has 0 fully saturated rings. The summed E-state index contributed by atoms with van der Waals surface area (Å²) < 4.78 is 5.25. The molecule has 6 heteroatoms. The van der Waals surface area contributed by atoms with E-state index >= 15 is 0 Å². The van der Waals surface area contributed by atoms with E-state index < -0.39 is 0 Å². The van der Waals surface area contributed by atoms with Crippen LogP contribution in [0.3, 0.4) is 0 Å². The summed E-state index contributed by atoms with van der Waals surface area (Å²) in [5.41, 5.74) is 1.73. The molecule has 1 amide bonds. The third-order valence-electron chi connectivity index (χ3n) is 4.71. The molecule has 0 N–H and O–H groups in total. The van der Waals surface area contributed by atoms with Gasteiger partial charge in [0.25, 0.3) is 0 Å². The van der Waals surface area contributed by atoms with Crippen molar-refractivity contribution in [2.75, 3.05) is 12.0 Å². The molecule has 2 aromatic heterocycles. The number of carbonyl (C=O) groups excluding carboxylic acids is 1. The Morgan fingerprint density at radius 3 is 2.66 bits per heavy atom. The lowest BCUT2D eigenvalue weighted by Gasteiger charge is -2.23. The summed E-state index contributed by atoms with van der Waals surface area (Å²) in [5, 5.41) is 4.64. The number of hydrogen-bond acceptors (Lipinski definition) is 4. The fourth-order valence-corrected chi connectivity index (χ4v) is 4.32. The first-order chi connectivity index (χ1) is 14.1. The fourth-order valence-electron chi connectivity index (χ4n) is 3.26. The van der Waals surface area contributed by atoms with E-state index in [2.05, 4.69) is 4.98 Å². The zero-order valence-electron chi connectivity index (χ0n) is 15.8. The number of carbonyl (C=O) groups is 1. The van der Waals surface area contributed by atoms with Gasteiger partial charge in [0.05, 0.1) is 25.1 Å². The van der Waals surface area contributed by atoms with Gasteiger partial charge in [-0.1, -0.05) is 35.9 Å². The number of benzene rings is 2. The summed E-state index contributed by atoms with van der Waals surface area (Å²) in [6.45, 7) is 0.459. The molecule has 0 bridgehead atoms. The van der Waals surface area contributed by atoms with E-state index in [1.165, 1.54) is 0 Å². The highest BCUT2D eigenvalue weighted by Crippen LogP contribution is 2.27. The van der Waals surface area contributed by atoms with Crippen LogP contribution in [0.2, 0.25) is 5.02 Å². The van der Waals surface area contributed by atoms with Gasteiger partial charge in [-0.25, -0.2) is 0 Å². The summed E-state index contributed by atoms with van der Waals surface area (Å²) in [5.74, 6) is 0.747. The number of nitrogens with zero attached hydrogens (tertiary/aromatic N) is 2. The minimum atomic E-state index is -0.00200. The van der Waals surface area contributed by atoms with Crippen molar-refractivity contribution in [3.8, 4) is 5.75 Å². The SMILES string of the molecule is COc1ccc(N(Cc2cc(Cl)cs2)C(=O)Cc2cncc3ccccc23)cc1. The largest absolute Gasteiger partial charge is 0.497 e. The van der Waals surface area contributed by atoms with Crippen molar-refractivity contribution in [3.05, 3.63) is 87.8 Å². The van der Waals surface area contributed by atoms with Gasteiger partial charge in [0.1, 0.15) is 5.75 Å². The van der Waals surface area contributed by atoms with Crippen LogP contribution in [0.15, 0.2) is 72.4 Å². The standard InChI is InChI=1S/C23H19ClN2O2S/c1-28-20-8-6-19(7-9-20)26(14-21-11-18(24)15-29-21)23(27)10-17-13-25-12-16-4-2-3-5-22(16)17/h2-9,11-13,15H,10,14H2,1H3. The van der Waals surface area contributed by atoms with Gasteiger partial charge in [-0.3, -0.25) is 9.78 Å². The summed E-state index contributed by atoms with van der Waals surface area (Å²) in [4.78, 5) is 20.5. The number of fused-ring (bicyclic) bond motifs is 1. The molecule has 4 rings (SSSR count). The number of methoxy groups -OCH3 is 1. The summed E-state index contributed by atoms with van der Waals surface area (Å²) in [6, 6.07) is 17.4. The Morgan fingerprint density at radius 2 is 1.93 bits per heavy atom. The lowest BCUT2D eigenvalue weighted by Crippen LogP contribution is -2.31. The van der Waals surface area contributed by atoms with Crippen molar-refractivity contribution in [3.63, 3.8) is 0 Å². The molecule has 0 aliphatic carbocycles. The molecule has 0 radical (unpaired) electrons. The molecular weight excluding hydrogens is 404 g/mol. The highest BCUT2D eigenvalue weighted by Gasteiger charge is 2.19. The monoisotopic (exact) mass is 422 g/mol. The molecule has 0 saturated carbocycles. The smallest absolute Gasteiger partial charge is 0.231 e. The molecule has 0 atom stereocenters. The predicted molar refractivity (Wildman–Crippen MR) is 119 cm³/mol. The van der Waals surface area contributed by atoms with Gasteiger partial charge in [-0.2, -0.15) is 0 Å². The number of anilines is 1. The maximum atomic E-state index is 13.4. The lowest BCUT2D eigenvalue weighted by molar-refractivity contribution is -0.118. The third-order valence-corrected chi connectivity index (χ3v) is 5.98. The number of pyridine rings is 1. The van der Waals surface area contributed by atoms with Crippen LogP contribution >= 0.6 is 22.9 Å². The van der Waals surface area contributed by atoms with Crippen molar-refractivity contribution >= 4 is 45.3 Å². The summed E-state index contributed by atoms with van der Waals surface area (Å²) in [6.07, 6.45) is 3.85. The highest BCUT2D eigenvalue weighted by atomic mass is 35.5. The molecule has 0 aliphatic rings. The number of amides is 1. The van der Waals surface area contributed by atoms with Crippen LogP contribution in [-0.4, -0.2) is 18.0 Å². The number of hydrogen-bond donors (Lipinski definition) is 0. The van der Waals surface area contributed by atoms with E-state index in [-0.39, 0.29) is 12.3 Å². The van der Waals surface area contributed by atoms with Crippen LogP contribution in [0.1, 0.15) is 10.4 Å². The summed E-state index contributed by atoms with van der Waals surface area (Å²) >= 11 is 7.63. The molecule has 29 heavy (non-hydrogen) atoms. The first kappa shape index (κ1) is 19.4. The van der Waals surface area contributed by atoms with Gasteiger partial charge < -0.3 is 9.64 Å². The van der Waals surface area contributed by atoms with Gasteiger partial charge in [0.2, 0.25) is 5.91 Å². The Morgan fingerprint density at radius 1 is 1.14 bits per heavy atom. The van der Waals surface area contributed by atoms with Crippen molar-refractivity contribution in [2.24, 2.45) is 0 Å². The second kappa shape index (κ2) is 8.64. The predicted octanol–water partition coefficient (Wildman–Crippen LogP) is 5.73. The zero-order chi connectivity index (χ0) is 20.2. The number of thiophene rings is 1.